The summed E-state index contributed by atoms with van der Waals surface area (Å²) in [7, 11) is 0. The van der Waals surface area contributed by atoms with E-state index < -0.39 is 41.8 Å². The molecule has 1 unspecified atom stereocenters. The number of hydrogen-bond acceptors (Lipinski definition) is 5. The summed E-state index contributed by atoms with van der Waals surface area (Å²) in [5.41, 5.74) is -2.12. The molecule has 12 heteroatoms. The summed E-state index contributed by atoms with van der Waals surface area (Å²) < 4.78 is 69.5. The molecule has 35 heavy (non-hydrogen) atoms. The molecule has 1 aliphatic heterocycles. The maximum atomic E-state index is 14.0. The average Bonchev–Trinajstić information content (AvgIpc) is 2.77. The molecule has 3 heterocycles. The Morgan fingerprint density at radius 2 is 1.94 bits per heavy atom. The Hall–Kier alpha value is -3.70. The highest BCUT2D eigenvalue weighted by Crippen LogP contribution is 2.34. The van der Waals surface area contributed by atoms with Gasteiger partial charge in [0.15, 0.2) is 0 Å². The summed E-state index contributed by atoms with van der Waals surface area (Å²) in [6, 6.07) is 6.67. The van der Waals surface area contributed by atoms with Gasteiger partial charge < -0.3 is 15.3 Å². The lowest BCUT2D eigenvalue weighted by molar-refractivity contribution is -0.137. The number of piperidine rings is 1. The van der Waals surface area contributed by atoms with Gasteiger partial charge in [-0.05, 0) is 31.5 Å². The minimum Gasteiger partial charge on any atom is -0.478 e. The van der Waals surface area contributed by atoms with Gasteiger partial charge in [0.2, 0.25) is 0 Å². The van der Waals surface area contributed by atoms with Crippen LogP contribution in [0.3, 0.4) is 0 Å². The van der Waals surface area contributed by atoms with Crippen LogP contribution >= 0.6 is 0 Å². The van der Waals surface area contributed by atoms with Gasteiger partial charge in [0.25, 0.3) is 11.5 Å². The van der Waals surface area contributed by atoms with Gasteiger partial charge in [-0.25, -0.2) is 18.6 Å². The van der Waals surface area contributed by atoms with E-state index in [2.05, 4.69) is 10.3 Å². The smallest absolute Gasteiger partial charge is 0.417 e. The second-order valence-corrected chi connectivity index (χ2v) is 8.43. The summed E-state index contributed by atoms with van der Waals surface area (Å²) in [6.45, 7) is 1.04. The third kappa shape index (κ3) is 5.05. The van der Waals surface area contributed by atoms with E-state index in [1.165, 1.54) is 30.0 Å². The Morgan fingerprint density at radius 1 is 1.23 bits per heavy atom. The first-order valence-corrected chi connectivity index (χ1v) is 10.7. The van der Waals surface area contributed by atoms with E-state index in [0.717, 1.165) is 16.5 Å². The lowest BCUT2D eigenvalue weighted by atomic mass is 10.0. The standard InChI is InChI=1S/C23H21F5N4O3/c1-13(29-17-6-3-2-5-15(17)21(34)35)16-9-14(23(26,27)28)11-32-19(33)10-18(30-20(16)32)31-8-4-7-22(24,25)12-31/h2-3,5-6,9-11,13,29H,4,7-8,12H2,1H3,(H,34,35). The van der Waals surface area contributed by atoms with Crippen molar-refractivity contribution < 1.29 is 31.9 Å². The highest BCUT2D eigenvalue weighted by Gasteiger charge is 2.36. The van der Waals surface area contributed by atoms with Crippen LogP contribution in [0.2, 0.25) is 0 Å². The molecule has 0 bridgehead atoms. The fraction of sp³-hybridized carbons (Fsp3) is 0.348. The van der Waals surface area contributed by atoms with Crippen LogP contribution in [0.1, 0.15) is 47.3 Å². The molecule has 0 spiro atoms. The van der Waals surface area contributed by atoms with Crippen molar-refractivity contribution in [3.05, 3.63) is 69.6 Å². The van der Waals surface area contributed by atoms with E-state index in [9.17, 15) is 36.6 Å². The number of fused-ring (bicyclic) bond motifs is 1. The fourth-order valence-electron chi connectivity index (χ4n) is 4.12. The van der Waals surface area contributed by atoms with Gasteiger partial charge in [-0.15, -0.1) is 0 Å². The van der Waals surface area contributed by atoms with Gasteiger partial charge in [0.1, 0.15) is 11.5 Å². The molecule has 0 radical (unpaired) electrons. The number of hydrogen-bond donors (Lipinski definition) is 2. The molecule has 0 saturated carbocycles. The first-order valence-electron chi connectivity index (χ1n) is 10.7. The summed E-state index contributed by atoms with van der Waals surface area (Å²) in [6.07, 6.45) is -4.31. The van der Waals surface area contributed by atoms with Crippen molar-refractivity contribution in [1.29, 1.82) is 0 Å². The Balaban J connectivity index is 1.86. The molecule has 186 valence electrons. The first-order chi connectivity index (χ1) is 16.4. The van der Waals surface area contributed by atoms with Gasteiger partial charge in [-0.2, -0.15) is 13.2 Å². The molecule has 2 aromatic heterocycles. The zero-order chi connectivity index (χ0) is 25.5. The van der Waals surface area contributed by atoms with Crippen molar-refractivity contribution in [1.82, 2.24) is 9.38 Å². The van der Waals surface area contributed by atoms with Crippen LogP contribution in [0.5, 0.6) is 0 Å². The van der Waals surface area contributed by atoms with Crippen LogP contribution in [0.4, 0.5) is 33.5 Å². The van der Waals surface area contributed by atoms with Crippen molar-refractivity contribution in [3.63, 3.8) is 0 Å². The number of pyridine rings is 1. The summed E-state index contributed by atoms with van der Waals surface area (Å²) in [5, 5.41) is 12.3. The molecule has 0 amide bonds. The third-order valence-electron chi connectivity index (χ3n) is 5.82. The lowest BCUT2D eigenvalue weighted by Crippen LogP contribution is -2.43. The van der Waals surface area contributed by atoms with E-state index in [-0.39, 0.29) is 47.7 Å². The van der Waals surface area contributed by atoms with Crippen LogP contribution in [0, 0.1) is 0 Å². The molecule has 2 N–H and O–H groups in total. The second-order valence-electron chi connectivity index (χ2n) is 8.43. The first kappa shape index (κ1) is 24.4. The highest BCUT2D eigenvalue weighted by molar-refractivity contribution is 5.94. The molecular formula is C23H21F5N4O3. The number of rotatable bonds is 5. The molecule has 1 saturated heterocycles. The Bertz CT molecular complexity index is 1340. The third-order valence-corrected chi connectivity index (χ3v) is 5.82. The van der Waals surface area contributed by atoms with Crippen molar-refractivity contribution in [2.24, 2.45) is 0 Å². The van der Waals surface area contributed by atoms with E-state index in [0.29, 0.717) is 6.20 Å². The van der Waals surface area contributed by atoms with Crippen LogP contribution in [-0.2, 0) is 6.18 Å². The molecular weight excluding hydrogens is 475 g/mol. The van der Waals surface area contributed by atoms with Gasteiger partial charge >= 0.3 is 12.1 Å². The number of nitrogens with zero attached hydrogens (tertiary/aromatic N) is 3. The molecule has 3 aromatic rings. The SMILES string of the molecule is CC(Nc1ccccc1C(=O)O)c1cc(C(F)(F)F)cn2c(=O)cc(N3CCCC(F)(F)C3)nc12. The van der Waals surface area contributed by atoms with Crippen molar-refractivity contribution in [2.45, 2.75) is 37.9 Å². The van der Waals surface area contributed by atoms with Crippen molar-refractivity contribution in [3.8, 4) is 0 Å². The topological polar surface area (TPSA) is 86.9 Å². The Kier molecular flexibility index (Phi) is 6.16. The number of carboxylic acids is 1. The predicted octanol–water partition coefficient (Wildman–Crippen LogP) is 4.82. The van der Waals surface area contributed by atoms with Gasteiger partial charge in [-0.3, -0.25) is 9.20 Å². The Morgan fingerprint density at radius 3 is 2.60 bits per heavy atom. The summed E-state index contributed by atoms with van der Waals surface area (Å²) in [4.78, 5) is 29.9. The zero-order valence-electron chi connectivity index (χ0n) is 18.4. The molecule has 1 aromatic carbocycles. The highest BCUT2D eigenvalue weighted by atomic mass is 19.4. The number of anilines is 2. The minimum atomic E-state index is -4.78. The predicted molar refractivity (Wildman–Crippen MR) is 118 cm³/mol. The second kappa shape index (κ2) is 8.82. The number of halogens is 5. The van der Waals surface area contributed by atoms with E-state index in [1.54, 1.807) is 6.07 Å². The number of nitrogens with one attached hydrogen (secondary N) is 1. The number of carboxylic acid groups (broad SMARTS) is 1. The quantitative estimate of drug-likeness (QED) is 0.493. The van der Waals surface area contributed by atoms with Gasteiger partial charge in [-0.1, -0.05) is 12.1 Å². The molecule has 0 aliphatic carbocycles. The number of aromatic carboxylic acids is 1. The van der Waals surface area contributed by atoms with Crippen molar-refractivity contribution >= 4 is 23.1 Å². The van der Waals surface area contributed by atoms with Crippen LogP contribution < -0.4 is 15.8 Å². The van der Waals surface area contributed by atoms with Crippen molar-refractivity contribution in [2.75, 3.05) is 23.3 Å². The Labute approximate surface area is 195 Å². The summed E-state index contributed by atoms with van der Waals surface area (Å²) >= 11 is 0. The lowest BCUT2D eigenvalue weighted by Gasteiger charge is -2.33. The maximum absolute atomic E-state index is 14.0. The number of alkyl halides is 5. The zero-order valence-corrected chi connectivity index (χ0v) is 18.4. The number of para-hydroxylation sites is 1. The fourth-order valence-corrected chi connectivity index (χ4v) is 4.12. The monoisotopic (exact) mass is 496 g/mol. The van der Waals surface area contributed by atoms with E-state index >= 15 is 0 Å². The van der Waals surface area contributed by atoms with Crippen LogP contribution in [0.15, 0.2) is 47.4 Å². The van der Waals surface area contributed by atoms with E-state index in [1.807, 2.05) is 0 Å². The molecule has 1 atom stereocenters. The van der Waals surface area contributed by atoms with Crippen LogP contribution in [0.25, 0.3) is 5.65 Å². The summed E-state index contributed by atoms with van der Waals surface area (Å²) in [5.74, 6) is -4.28. The largest absolute Gasteiger partial charge is 0.478 e. The number of carbonyl (C=O) groups is 1. The number of benzene rings is 1. The molecule has 7 nitrogen and oxygen atoms in total. The van der Waals surface area contributed by atoms with Gasteiger partial charge in [0, 0.05) is 36.5 Å². The normalized spacial score (nSPS) is 16.8. The van der Waals surface area contributed by atoms with Crippen LogP contribution in [-0.4, -0.2) is 39.5 Å². The van der Waals surface area contributed by atoms with E-state index in [4.69, 9.17) is 0 Å². The number of aromatic nitrogens is 2. The minimum absolute atomic E-state index is 0.0530. The molecule has 1 aliphatic rings. The maximum Gasteiger partial charge on any atom is 0.417 e. The van der Waals surface area contributed by atoms with Gasteiger partial charge in [0.05, 0.1) is 23.7 Å². The average molecular weight is 496 g/mol. The molecule has 1 fully saturated rings. The molecule has 4 rings (SSSR count).